The Balaban J connectivity index is 2.26. The predicted molar refractivity (Wildman–Crippen MR) is 54.7 cm³/mol. The van der Waals surface area contributed by atoms with Gasteiger partial charge in [-0.25, -0.2) is 0 Å². The molecular formula is C10H14O3S. The maximum Gasteiger partial charge on any atom is 0.204 e. The first-order chi connectivity index (χ1) is 6.80. The van der Waals surface area contributed by atoms with Gasteiger partial charge in [-0.2, -0.15) is 0 Å². The lowest BCUT2D eigenvalue weighted by Gasteiger charge is -2.24. The third-order valence-corrected chi connectivity index (χ3v) is 3.55. The summed E-state index contributed by atoms with van der Waals surface area (Å²) in [5, 5.41) is 0.895. The van der Waals surface area contributed by atoms with Gasteiger partial charge in [0.15, 0.2) is 5.06 Å². The first-order valence-electron chi connectivity index (χ1n) is 4.73. The van der Waals surface area contributed by atoms with Crippen LogP contribution in [0.1, 0.15) is 18.2 Å². The van der Waals surface area contributed by atoms with Crippen molar-refractivity contribution in [2.75, 3.05) is 20.3 Å². The number of ether oxygens (including phenoxy) is 3. The molecule has 2 rings (SSSR count). The summed E-state index contributed by atoms with van der Waals surface area (Å²) in [6.07, 6.45) is 0.830. The molecule has 0 N–H and O–H groups in total. The number of thiophene rings is 1. The van der Waals surface area contributed by atoms with Gasteiger partial charge in [0.2, 0.25) is 5.79 Å². The van der Waals surface area contributed by atoms with E-state index in [0.29, 0.717) is 13.2 Å². The molecule has 0 aromatic carbocycles. The van der Waals surface area contributed by atoms with Crippen LogP contribution >= 0.6 is 11.3 Å². The second kappa shape index (κ2) is 3.88. The third-order valence-electron chi connectivity index (χ3n) is 2.38. The maximum absolute atomic E-state index is 5.67. The van der Waals surface area contributed by atoms with Gasteiger partial charge < -0.3 is 14.2 Å². The van der Waals surface area contributed by atoms with Crippen LogP contribution in [0.25, 0.3) is 0 Å². The molecule has 1 saturated heterocycles. The zero-order chi connectivity index (χ0) is 10.0. The van der Waals surface area contributed by atoms with Gasteiger partial charge in [0.05, 0.1) is 25.2 Å². The molecule has 0 radical (unpaired) electrons. The van der Waals surface area contributed by atoms with E-state index in [4.69, 9.17) is 14.2 Å². The van der Waals surface area contributed by atoms with Crippen molar-refractivity contribution in [3.05, 3.63) is 17.0 Å². The number of hydrogen-bond acceptors (Lipinski definition) is 4. The SMILES string of the molecule is CCC1(c2ccc(OC)s2)OCCO1. The van der Waals surface area contributed by atoms with Gasteiger partial charge in [0, 0.05) is 6.42 Å². The molecule has 1 aliphatic heterocycles. The van der Waals surface area contributed by atoms with Crippen molar-refractivity contribution < 1.29 is 14.2 Å². The Morgan fingerprint density at radius 3 is 2.64 bits per heavy atom. The van der Waals surface area contributed by atoms with E-state index >= 15 is 0 Å². The Labute approximate surface area is 87.6 Å². The number of methoxy groups -OCH3 is 1. The van der Waals surface area contributed by atoms with Gasteiger partial charge in [0.25, 0.3) is 0 Å². The van der Waals surface area contributed by atoms with Crippen LogP contribution in [0.2, 0.25) is 0 Å². The van der Waals surface area contributed by atoms with Crippen molar-refractivity contribution in [3.8, 4) is 5.06 Å². The van der Waals surface area contributed by atoms with Crippen LogP contribution in [0.5, 0.6) is 5.06 Å². The quantitative estimate of drug-likeness (QED) is 0.773. The summed E-state index contributed by atoms with van der Waals surface area (Å²) < 4.78 is 16.5. The van der Waals surface area contributed by atoms with E-state index in [2.05, 4.69) is 6.92 Å². The molecule has 2 heterocycles. The van der Waals surface area contributed by atoms with E-state index < -0.39 is 5.79 Å². The summed E-state index contributed by atoms with van der Waals surface area (Å²) in [5.74, 6) is -0.512. The summed E-state index contributed by atoms with van der Waals surface area (Å²) in [6, 6.07) is 3.96. The van der Waals surface area contributed by atoms with Gasteiger partial charge in [-0.3, -0.25) is 0 Å². The van der Waals surface area contributed by atoms with Crippen molar-refractivity contribution in [3.63, 3.8) is 0 Å². The zero-order valence-electron chi connectivity index (χ0n) is 8.41. The molecule has 1 aliphatic rings. The standard InChI is InChI=1S/C10H14O3S/c1-3-10(12-6-7-13-10)8-4-5-9(11-2)14-8/h4-5H,3,6-7H2,1-2H3. The monoisotopic (exact) mass is 214 g/mol. The fourth-order valence-electron chi connectivity index (χ4n) is 1.61. The molecular weight excluding hydrogens is 200 g/mol. The van der Waals surface area contributed by atoms with Gasteiger partial charge >= 0.3 is 0 Å². The van der Waals surface area contributed by atoms with Gasteiger partial charge in [-0.1, -0.05) is 18.3 Å². The predicted octanol–water partition coefficient (Wildman–Crippen LogP) is 2.37. The molecule has 14 heavy (non-hydrogen) atoms. The molecule has 0 aliphatic carbocycles. The molecule has 1 aromatic rings. The molecule has 3 nitrogen and oxygen atoms in total. The molecule has 1 fully saturated rings. The summed E-state index contributed by atoms with van der Waals surface area (Å²) in [4.78, 5) is 1.09. The Bertz CT molecular complexity index is 302. The van der Waals surface area contributed by atoms with E-state index in [-0.39, 0.29) is 0 Å². The summed E-state index contributed by atoms with van der Waals surface area (Å²) >= 11 is 1.58. The molecule has 0 saturated carbocycles. The molecule has 78 valence electrons. The van der Waals surface area contributed by atoms with Gasteiger partial charge in [-0.05, 0) is 12.1 Å². The highest BCUT2D eigenvalue weighted by atomic mass is 32.1. The van der Waals surface area contributed by atoms with Crippen LogP contribution in [-0.2, 0) is 15.3 Å². The molecule has 4 heteroatoms. The minimum absolute atomic E-state index is 0.512. The molecule has 0 spiro atoms. The van der Waals surface area contributed by atoms with E-state index in [1.54, 1.807) is 18.4 Å². The van der Waals surface area contributed by atoms with Gasteiger partial charge in [-0.15, -0.1) is 0 Å². The summed E-state index contributed by atoms with van der Waals surface area (Å²) in [7, 11) is 1.67. The largest absolute Gasteiger partial charge is 0.487 e. The highest BCUT2D eigenvalue weighted by molar-refractivity contribution is 7.13. The third kappa shape index (κ3) is 1.54. The molecule has 1 aromatic heterocycles. The smallest absolute Gasteiger partial charge is 0.204 e. The van der Waals surface area contributed by atoms with Crippen molar-refractivity contribution >= 4 is 11.3 Å². The molecule has 0 unspecified atom stereocenters. The number of hydrogen-bond donors (Lipinski definition) is 0. The first-order valence-corrected chi connectivity index (χ1v) is 5.54. The summed E-state index contributed by atoms with van der Waals surface area (Å²) in [6.45, 7) is 3.42. The average molecular weight is 214 g/mol. The Morgan fingerprint density at radius 2 is 2.14 bits per heavy atom. The molecule has 0 bridgehead atoms. The molecule has 0 atom stereocenters. The fourth-order valence-corrected chi connectivity index (χ4v) is 2.60. The highest BCUT2D eigenvalue weighted by Gasteiger charge is 2.38. The highest BCUT2D eigenvalue weighted by Crippen LogP contribution is 2.40. The van der Waals surface area contributed by atoms with Crippen LogP contribution < -0.4 is 4.74 Å². The Kier molecular flexibility index (Phi) is 2.76. The van der Waals surface area contributed by atoms with Crippen LogP contribution in [0.15, 0.2) is 12.1 Å². The Hall–Kier alpha value is -0.580. The summed E-state index contributed by atoms with van der Waals surface area (Å²) in [5.41, 5.74) is 0. The lowest BCUT2D eigenvalue weighted by Crippen LogP contribution is -2.24. The average Bonchev–Trinajstić information content (AvgIpc) is 2.87. The van der Waals surface area contributed by atoms with E-state index in [1.165, 1.54) is 0 Å². The van der Waals surface area contributed by atoms with Gasteiger partial charge in [0.1, 0.15) is 0 Å². The normalized spacial score (nSPS) is 19.9. The topological polar surface area (TPSA) is 27.7 Å². The van der Waals surface area contributed by atoms with E-state index in [1.807, 2.05) is 12.1 Å². The fraction of sp³-hybridized carbons (Fsp3) is 0.600. The van der Waals surface area contributed by atoms with Crippen molar-refractivity contribution in [2.45, 2.75) is 19.1 Å². The van der Waals surface area contributed by atoms with E-state index in [9.17, 15) is 0 Å². The lowest BCUT2D eigenvalue weighted by atomic mass is 10.2. The first kappa shape index (κ1) is 9.96. The zero-order valence-corrected chi connectivity index (χ0v) is 9.23. The second-order valence-electron chi connectivity index (χ2n) is 3.13. The Morgan fingerprint density at radius 1 is 1.43 bits per heavy atom. The minimum Gasteiger partial charge on any atom is -0.487 e. The van der Waals surface area contributed by atoms with Crippen molar-refractivity contribution in [1.82, 2.24) is 0 Å². The van der Waals surface area contributed by atoms with Crippen molar-refractivity contribution in [1.29, 1.82) is 0 Å². The second-order valence-corrected chi connectivity index (χ2v) is 4.17. The van der Waals surface area contributed by atoms with Crippen molar-refractivity contribution in [2.24, 2.45) is 0 Å². The minimum atomic E-state index is -0.512. The number of rotatable bonds is 3. The lowest BCUT2D eigenvalue weighted by molar-refractivity contribution is -0.164. The van der Waals surface area contributed by atoms with E-state index in [0.717, 1.165) is 16.4 Å². The van der Waals surface area contributed by atoms with Crippen LogP contribution in [0.4, 0.5) is 0 Å². The van der Waals surface area contributed by atoms with Crippen LogP contribution in [-0.4, -0.2) is 20.3 Å². The maximum atomic E-state index is 5.67. The van der Waals surface area contributed by atoms with Crippen LogP contribution in [0.3, 0.4) is 0 Å². The molecule has 0 amide bonds. The van der Waals surface area contributed by atoms with Crippen LogP contribution in [0, 0.1) is 0 Å².